The normalized spacial score (nSPS) is 16.5. The molecule has 2 aromatic heterocycles. The first kappa shape index (κ1) is 27.4. The van der Waals surface area contributed by atoms with Gasteiger partial charge < -0.3 is 33.6 Å². The molecule has 40 heavy (non-hydrogen) atoms. The Morgan fingerprint density at radius 3 is 2.50 bits per heavy atom. The van der Waals surface area contributed by atoms with Gasteiger partial charge in [-0.3, -0.25) is 4.72 Å². The summed E-state index contributed by atoms with van der Waals surface area (Å²) in [6.07, 6.45) is -0.191. The van der Waals surface area contributed by atoms with Gasteiger partial charge in [0, 0.05) is 16.5 Å². The summed E-state index contributed by atoms with van der Waals surface area (Å²) in [5.41, 5.74) is 0.638. The molecular formula is C26H28N4O9S. The van der Waals surface area contributed by atoms with Gasteiger partial charge in [0.15, 0.2) is 5.79 Å². The minimum atomic E-state index is -3.56. The summed E-state index contributed by atoms with van der Waals surface area (Å²) >= 11 is 0. The van der Waals surface area contributed by atoms with Crippen LogP contribution in [0.5, 0.6) is 5.75 Å². The molecule has 1 fully saturated rings. The lowest BCUT2D eigenvalue weighted by Gasteiger charge is -2.41. The van der Waals surface area contributed by atoms with Gasteiger partial charge in [0.2, 0.25) is 15.8 Å². The zero-order valence-corrected chi connectivity index (χ0v) is 23.0. The quantitative estimate of drug-likeness (QED) is 0.276. The van der Waals surface area contributed by atoms with Crippen LogP contribution in [-0.4, -0.2) is 61.6 Å². The van der Waals surface area contributed by atoms with Crippen LogP contribution in [0.2, 0.25) is 0 Å². The molecule has 3 N–H and O–H groups in total. The van der Waals surface area contributed by atoms with Crippen molar-refractivity contribution in [2.45, 2.75) is 32.1 Å². The molecule has 3 heterocycles. The molecule has 1 aliphatic heterocycles. The number of benzene rings is 2. The molecule has 0 bridgehead atoms. The van der Waals surface area contributed by atoms with E-state index in [1.807, 2.05) is 0 Å². The van der Waals surface area contributed by atoms with Crippen molar-refractivity contribution in [3.05, 3.63) is 48.2 Å². The van der Waals surface area contributed by atoms with Gasteiger partial charge in [-0.25, -0.2) is 13.2 Å². The molecule has 0 unspecified atom stereocenters. The molecule has 13 nitrogen and oxygen atoms in total. The van der Waals surface area contributed by atoms with E-state index in [0.29, 0.717) is 40.2 Å². The van der Waals surface area contributed by atoms with Crippen LogP contribution in [0.25, 0.3) is 33.8 Å². The lowest BCUT2D eigenvalue weighted by atomic mass is 9.96. The van der Waals surface area contributed by atoms with Crippen LogP contribution in [0.3, 0.4) is 0 Å². The highest BCUT2D eigenvalue weighted by molar-refractivity contribution is 7.92. The number of furan rings is 1. The van der Waals surface area contributed by atoms with E-state index in [4.69, 9.17) is 23.2 Å². The molecule has 14 heteroatoms. The Bertz CT molecular complexity index is 1670. The van der Waals surface area contributed by atoms with Crippen LogP contribution >= 0.6 is 0 Å². The van der Waals surface area contributed by atoms with Crippen molar-refractivity contribution in [2.24, 2.45) is 0 Å². The third-order valence-corrected chi connectivity index (χ3v) is 6.76. The summed E-state index contributed by atoms with van der Waals surface area (Å²) < 4.78 is 54.6. The maximum Gasteiger partial charge on any atom is 0.405 e. The summed E-state index contributed by atoms with van der Waals surface area (Å²) in [5, 5.41) is 16.7. The van der Waals surface area contributed by atoms with E-state index in [0.717, 1.165) is 6.26 Å². The van der Waals surface area contributed by atoms with Crippen molar-refractivity contribution in [1.82, 2.24) is 15.5 Å². The van der Waals surface area contributed by atoms with E-state index in [-0.39, 0.29) is 30.6 Å². The average Bonchev–Trinajstić information content (AvgIpc) is 3.53. The number of rotatable bonds is 8. The topological polar surface area (TPSA) is 175 Å². The van der Waals surface area contributed by atoms with Crippen LogP contribution < -0.4 is 14.8 Å². The van der Waals surface area contributed by atoms with Crippen molar-refractivity contribution in [3.8, 4) is 28.6 Å². The Morgan fingerprint density at radius 1 is 1.10 bits per heavy atom. The van der Waals surface area contributed by atoms with Crippen LogP contribution in [0.15, 0.2) is 51.4 Å². The number of carbonyl (C=O) groups is 1. The van der Waals surface area contributed by atoms with Crippen LogP contribution in [0, 0.1) is 0 Å². The predicted molar refractivity (Wildman–Crippen MR) is 143 cm³/mol. The summed E-state index contributed by atoms with van der Waals surface area (Å²) in [6, 6.07) is 11.8. The molecular weight excluding hydrogens is 544 g/mol. The molecule has 5 rings (SSSR count). The van der Waals surface area contributed by atoms with Gasteiger partial charge >= 0.3 is 6.09 Å². The first-order valence-corrected chi connectivity index (χ1v) is 14.2. The maximum atomic E-state index is 11.8. The third kappa shape index (κ3) is 5.73. The highest BCUT2D eigenvalue weighted by Gasteiger charge is 2.45. The van der Waals surface area contributed by atoms with Crippen LogP contribution in [0.4, 0.5) is 10.5 Å². The zero-order chi connectivity index (χ0) is 28.7. The molecule has 0 spiro atoms. The molecule has 1 aliphatic rings. The number of sulfonamides is 1. The number of aromatic nitrogens is 2. The Morgan fingerprint density at radius 2 is 1.82 bits per heavy atom. The fourth-order valence-corrected chi connectivity index (χ4v) is 4.82. The number of hydrogen-bond acceptors (Lipinski definition) is 10. The van der Waals surface area contributed by atoms with Crippen molar-refractivity contribution in [1.29, 1.82) is 0 Å². The number of hydrogen-bond donors (Lipinski definition) is 3. The van der Waals surface area contributed by atoms with E-state index >= 15 is 0 Å². The number of carboxylic acid groups (broad SMARTS) is 1. The first-order valence-electron chi connectivity index (χ1n) is 12.3. The van der Waals surface area contributed by atoms with E-state index in [9.17, 15) is 18.3 Å². The van der Waals surface area contributed by atoms with Gasteiger partial charge in [-0.1, -0.05) is 5.16 Å². The Hall–Kier alpha value is -4.14. The fourth-order valence-electron chi connectivity index (χ4n) is 4.26. The highest BCUT2D eigenvalue weighted by Crippen LogP contribution is 2.36. The SMILES string of the molecule is CCOc1ccc(-c2nc(-c3ccc4oc(C5(NC(=O)O)COC(C)(C)OC5)cc4c3)no2)cc1NS(C)(=O)=O. The standard InChI is InChI=1S/C26H28N4O9S/c1-5-35-20-9-7-16(11-18(20)30-40(4,33)34)23-27-22(29-39-23)15-6-8-19-17(10-15)12-21(38-19)26(28-24(31)32)13-36-25(2,3)37-14-26/h6-12,28,30H,5,13-14H2,1-4H3,(H,31,32). The van der Waals surface area contributed by atoms with Crippen LogP contribution in [0.1, 0.15) is 26.5 Å². The summed E-state index contributed by atoms with van der Waals surface area (Å²) in [6.45, 7) is 5.68. The van der Waals surface area contributed by atoms with Gasteiger partial charge in [-0.15, -0.1) is 0 Å². The van der Waals surface area contributed by atoms with Gasteiger partial charge in [-0.2, -0.15) is 4.98 Å². The van der Waals surface area contributed by atoms with Gasteiger partial charge in [0.05, 0.1) is 31.8 Å². The van der Waals surface area contributed by atoms with Gasteiger partial charge in [0.25, 0.3) is 5.89 Å². The number of anilines is 1. The summed E-state index contributed by atoms with van der Waals surface area (Å²) in [4.78, 5) is 16.1. The lowest BCUT2D eigenvalue weighted by Crippen LogP contribution is -2.58. The minimum absolute atomic E-state index is 0.0193. The molecule has 0 radical (unpaired) electrons. The molecule has 0 aliphatic carbocycles. The lowest BCUT2D eigenvalue weighted by molar-refractivity contribution is -0.274. The largest absolute Gasteiger partial charge is 0.492 e. The van der Waals surface area contributed by atoms with Crippen molar-refractivity contribution >= 4 is 32.8 Å². The van der Waals surface area contributed by atoms with Gasteiger partial charge in [-0.05, 0) is 63.2 Å². The third-order valence-electron chi connectivity index (χ3n) is 6.17. The summed E-state index contributed by atoms with van der Waals surface area (Å²) in [7, 11) is -3.56. The molecule has 0 saturated carbocycles. The molecule has 4 aromatic rings. The molecule has 1 saturated heterocycles. The minimum Gasteiger partial charge on any atom is -0.492 e. The van der Waals surface area contributed by atoms with Gasteiger partial charge in [0.1, 0.15) is 22.6 Å². The second-order valence-electron chi connectivity index (χ2n) is 9.79. The number of nitrogens with zero attached hydrogens (tertiary/aromatic N) is 2. The zero-order valence-electron chi connectivity index (χ0n) is 22.2. The fraction of sp³-hybridized carbons (Fsp3) is 0.346. The van der Waals surface area contributed by atoms with Crippen molar-refractivity contribution < 1.29 is 41.5 Å². The van der Waals surface area contributed by atoms with E-state index in [2.05, 4.69) is 20.2 Å². The molecule has 1 amide bonds. The molecule has 2 aromatic carbocycles. The highest BCUT2D eigenvalue weighted by atomic mass is 32.2. The Kier molecular flexibility index (Phi) is 6.94. The van der Waals surface area contributed by atoms with E-state index in [1.165, 1.54) is 0 Å². The van der Waals surface area contributed by atoms with Crippen molar-refractivity contribution in [3.63, 3.8) is 0 Å². The van der Waals surface area contributed by atoms with E-state index in [1.54, 1.807) is 63.2 Å². The Labute approximate surface area is 229 Å². The number of nitrogens with one attached hydrogen (secondary N) is 2. The average molecular weight is 573 g/mol. The molecule has 0 atom stereocenters. The van der Waals surface area contributed by atoms with Crippen molar-refractivity contribution in [2.75, 3.05) is 30.8 Å². The molecule has 212 valence electrons. The maximum absolute atomic E-state index is 11.8. The number of amides is 1. The first-order chi connectivity index (χ1) is 18.9. The second-order valence-corrected chi connectivity index (χ2v) is 11.5. The number of ether oxygens (including phenoxy) is 3. The van der Waals surface area contributed by atoms with E-state index < -0.39 is 27.4 Å². The summed E-state index contributed by atoms with van der Waals surface area (Å²) in [5.74, 6) is 0.308. The predicted octanol–water partition coefficient (Wildman–Crippen LogP) is 4.17. The smallest absolute Gasteiger partial charge is 0.405 e. The Balaban J connectivity index is 1.45. The number of fused-ring (bicyclic) bond motifs is 1. The van der Waals surface area contributed by atoms with Crippen LogP contribution in [-0.2, 0) is 25.0 Å². The second kappa shape index (κ2) is 10.1. The monoisotopic (exact) mass is 572 g/mol.